The lowest BCUT2D eigenvalue weighted by molar-refractivity contribution is -0.118. The van der Waals surface area contributed by atoms with Gasteiger partial charge in [-0.1, -0.05) is 43.7 Å². The number of carbonyl (C=O) groups excluding carboxylic acids is 1. The number of rotatable bonds is 4. The Kier molecular flexibility index (Phi) is 3.96. The van der Waals surface area contributed by atoms with Gasteiger partial charge < -0.3 is 16.0 Å². The molecule has 2 aromatic heterocycles. The Morgan fingerprint density at radius 3 is 2.96 bits per heavy atom. The third kappa shape index (κ3) is 2.89. The number of aromatic nitrogens is 3. The predicted molar refractivity (Wildman–Crippen MR) is 100 cm³/mol. The van der Waals surface area contributed by atoms with Crippen LogP contribution in [0.3, 0.4) is 0 Å². The molecule has 25 heavy (non-hydrogen) atoms. The molecule has 3 N–H and O–H groups in total. The van der Waals surface area contributed by atoms with Crippen molar-refractivity contribution in [2.24, 2.45) is 5.92 Å². The molecule has 0 fully saturated rings. The van der Waals surface area contributed by atoms with Crippen LogP contribution in [0.25, 0.3) is 10.2 Å². The molecule has 3 heterocycles. The minimum atomic E-state index is -0.289. The molecule has 0 aliphatic carbocycles. The molecule has 1 aliphatic rings. The van der Waals surface area contributed by atoms with Gasteiger partial charge in [-0.3, -0.25) is 4.79 Å². The first kappa shape index (κ1) is 15.8. The van der Waals surface area contributed by atoms with E-state index in [-0.39, 0.29) is 17.9 Å². The first-order chi connectivity index (χ1) is 12.2. The molecule has 8 heteroatoms. The second kappa shape index (κ2) is 6.29. The number of hydrogen-bond acceptors (Lipinski definition) is 7. The fraction of sp³-hybridized carbons (Fsp3) is 0.294. The van der Waals surface area contributed by atoms with Gasteiger partial charge >= 0.3 is 0 Å². The molecule has 1 amide bonds. The van der Waals surface area contributed by atoms with Crippen molar-refractivity contribution >= 4 is 49.9 Å². The highest BCUT2D eigenvalue weighted by molar-refractivity contribution is 7.22. The molecule has 2 unspecified atom stereocenters. The minimum absolute atomic E-state index is 0.0657. The Bertz CT molecular complexity index is 907. The van der Waals surface area contributed by atoms with Crippen molar-refractivity contribution in [1.29, 1.82) is 0 Å². The Morgan fingerprint density at radius 1 is 1.32 bits per heavy atom. The lowest BCUT2D eigenvalue weighted by atomic mass is 9.97. The van der Waals surface area contributed by atoms with Gasteiger partial charge in [0.2, 0.25) is 5.91 Å². The van der Waals surface area contributed by atoms with Crippen molar-refractivity contribution in [3.05, 3.63) is 30.6 Å². The molecule has 0 spiro atoms. The number of hydrogen-bond donors (Lipinski definition) is 3. The Hall–Kier alpha value is -2.74. The lowest BCUT2D eigenvalue weighted by Gasteiger charge is -2.30. The second-order valence-electron chi connectivity index (χ2n) is 6.05. The van der Waals surface area contributed by atoms with E-state index in [1.165, 1.54) is 17.7 Å². The minimum Gasteiger partial charge on any atom is -0.356 e. The Balaban J connectivity index is 1.65. The second-order valence-corrected chi connectivity index (χ2v) is 7.09. The van der Waals surface area contributed by atoms with E-state index in [1.54, 1.807) is 0 Å². The van der Waals surface area contributed by atoms with Gasteiger partial charge in [0.1, 0.15) is 18.1 Å². The molecule has 128 valence electrons. The molecule has 0 bridgehead atoms. The SMILES string of the molecule is CCC(C)C1Nc2ncnc(Nc3nc4ccccc4s3)c2NC1=O. The summed E-state index contributed by atoms with van der Waals surface area (Å²) in [5, 5.41) is 10.1. The summed E-state index contributed by atoms with van der Waals surface area (Å²) < 4.78 is 1.09. The van der Waals surface area contributed by atoms with E-state index in [1.807, 2.05) is 31.2 Å². The van der Waals surface area contributed by atoms with Crippen LogP contribution in [0.15, 0.2) is 30.6 Å². The standard InChI is InChI=1S/C17H18N6OS/c1-3-9(2)12-16(24)22-13-14(21-12)18-8-19-15(13)23-17-20-10-6-4-5-7-11(10)25-17/h4-9,12H,3H2,1-2H3,(H,22,24)(H2,18,19,20,21,23). The molecule has 3 aromatic rings. The Morgan fingerprint density at radius 2 is 2.16 bits per heavy atom. The van der Waals surface area contributed by atoms with Crippen LogP contribution in [0.2, 0.25) is 0 Å². The van der Waals surface area contributed by atoms with Gasteiger partial charge in [-0.15, -0.1) is 0 Å². The maximum atomic E-state index is 12.4. The number of fused-ring (bicyclic) bond motifs is 2. The maximum absolute atomic E-state index is 12.4. The molecule has 7 nitrogen and oxygen atoms in total. The predicted octanol–water partition coefficient (Wildman–Crippen LogP) is 3.61. The van der Waals surface area contributed by atoms with Crippen molar-refractivity contribution in [2.45, 2.75) is 26.3 Å². The van der Waals surface area contributed by atoms with Gasteiger partial charge in [-0.2, -0.15) is 0 Å². The molecular formula is C17H18N6OS. The van der Waals surface area contributed by atoms with Gasteiger partial charge in [0, 0.05) is 0 Å². The van der Waals surface area contributed by atoms with Gasteiger partial charge in [0.15, 0.2) is 16.8 Å². The van der Waals surface area contributed by atoms with E-state index in [0.29, 0.717) is 17.3 Å². The van der Waals surface area contributed by atoms with E-state index in [0.717, 1.165) is 21.8 Å². The number of anilines is 4. The largest absolute Gasteiger partial charge is 0.356 e. The molecular weight excluding hydrogens is 336 g/mol. The number of para-hydroxylation sites is 1. The summed E-state index contributed by atoms with van der Waals surface area (Å²) in [6.07, 6.45) is 2.38. The average molecular weight is 354 g/mol. The summed E-state index contributed by atoms with van der Waals surface area (Å²) >= 11 is 1.54. The monoisotopic (exact) mass is 354 g/mol. The number of carbonyl (C=O) groups is 1. The van der Waals surface area contributed by atoms with Crippen LogP contribution in [-0.2, 0) is 4.79 Å². The molecule has 0 radical (unpaired) electrons. The number of thiazole rings is 1. The zero-order chi connectivity index (χ0) is 17.4. The molecule has 1 aromatic carbocycles. The third-order valence-corrected chi connectivity index (χ3v) is 5.35. The summed E-state index contributed by atoms with van der Waals surface area (Å²) in [5.74, 6) is 1.31. The maximum Gasteiger partial charge on any atom is 0.247 e. The fourth-order valence-electron chi connectivity index (χ4n) is 2.79. The third-order valence-electron chi connectivity index (χ3n) is 4.40. The van der Waals surface area contributed by atoms with Gasteiger partial charge in [0.05, 0.1) is 10.2 Å². The molecule has 4 rings (SSSR count). The van der Waals surface area contributed by atoms with E-state index in [9.17, 15) is 4.79 Å². The quantitative estimate of drug-likeness (QED) is 0.663. The number of amides is 1. The molecule has 1 aliphatic heterocycles. The van der Waals surface area contributed by atoms with E-state index < -0.39 is 0 Å². The first-order valence-electron chi connectivity index (χ1n) is 8.20. The highest BCUT2D eigenvalue weighted by Gasteiger charge is 2.31. The highest BCUT2D eigenvalue weighted by atomic mass is 32.1. The van der Waals surface area contributed by atoms with Crippen molar-refractivity contribution in [3.8, 4) is 0 Å². The summed E-state index contributed by atoms with van der Waals surface area (Å²) in [6.45, 7) is 4.11. The Labute approximate surface area is 148 Å². The van der Waals surface area contributed by atoms with Crippen LogP contribution < -0.4 is 16.0 Å². The van der Waals surface area contributed by atoms with Crippen LogP contribution in [-0.4, -0.2) is 26.9 Å². The van der Waals surface area contributed by atoms with E-state index in [4.69, 9.17) is 0 Å². The van der Waals surface area contributed by atoms with Gasteiger partial charge in [-0.05, 0) is 18.1 Å². The summed E-state index contributed by atoms with van der Waals surface area (Å²) in [7, 11) is 0. The van der Waals surface area contributed by atoms with Crippen molar-refractivity contribution in [3.63, 3.8) is 0 Å². The molecule has 2 atom stereocenters. The van der Waals surface area contributed by atoms with Crippen LogP contribution in [0.4, 0.5) is 22.5 Å². The number of nitrogens with one attached hydrogen (secondary N) is 3. The topological polar surface area (TPSA) is 91.8 Å². The fourth-order valence-corrected chi connectivity index (χ4v) is 3.65. The van der Waals surface area contributed by atoms with Crippen molar-refractivity contribution < 1.29 is 4.79 Å². The molecule has 0 saturated carbocycles. The average Bonchev–Trinajstić information content (AvgIpc) is 3.03. The summed E-state index contributed by atoms with van der Waals surface area (Å²) in [4.78, 5) is 25.5. The van der Waals surface area contributed by atoms with Crippen LogP contribution in [0, 0.1) is 5.92 Å². The van der Waals surface area contributed by atoms with Crippen LogP contribution in [0.1, 0.15) is 20.3 Å². The number of benzene rings is 1. The zero-order valence-electron chi connectivity index (χ0n) is 13.9. The van der Waals surface area contributed by atoms with Crippen LogP contribution in [0.5, 0.6) is 0 Å². The van der Waals surface area contributed by atoms with Crippen molar-refractivity contribution in [2.75, 3.05) is 16.0 Å². The first-order valence-corrected chi connectivity index (χ1v) is 9.02. The number of nitrogens with zero attached hydrogens (tertiary/aromatic N) is 3. The molecule has 0 saturated heterocycles. The van der Waals surface area contributed by atoms with Crippen LogP contribution >= 0.6 is 11.3 Å². The zero-order valence-corrected chi connectivity index (χ0v) is 14.7. The van der Waals surface area contributed by atoms with E-state index in [2.05, 4.69) is 37.8 Å². The smallest absolute Gasteiger partial charge is 0.247 e. The highest BCUT2D eigenvalue weighted by Crippen LogP contribution is 2.35. The normalized spacial score (nSPS) is 17.5. The van der Waals surface area contributed by atoms with Crippen molar-refractivity contribution in [1.82, 2.24) is 15.0 Å². The lowest BCUT2D eigenvalue weighted by Crippen LogP contribution is -2.43. The summed E-state index contributed by atoms with van der Waals surface area (Å²) in [5.41, 5.74) is 1.49. The summed E-state index contributed by atoms with van der Waals surface area (Å²) in [6, 6.07) is 7.64. The van der Waals surface area contributed by atoms with Gasteiger partial charge in [-0.25, -0.2) is 15.0 Å². The van der Waals surface area contributed by atoms with Gasteiger partial charge in [0.25, 0.3) is 0 Å². The van der Waals surface area contributed by atoms with E-state index >= 15 is 0 Å².